The zero-order chi connectivity index (χ0) is 32.7. The van der Waals surface area contributed by atoms with Crippen molar-refractivity contribution in [2.24, 2.45) is 0 Å². The lowest BCUT2D eigenvalue weighted by molar-refractivity contribution is 1.26. The van der Waals surface area contributed by atoms with Crippen LogP contribution in [0.4, 0.5) is 5.69 Å². The zero-order valence-electron chi connectivity index (χ0n) is 26.2. The van der Waals surface area contributed by atoms with Crippen LogP contribution in [0.2, 0.25) is 0 Å². The number of H-pyrrole nitrogens is 2. The van der Waals surface area contributed by atoms with E-state index in [2.05, 4.69) is 79.6 Å². The minimum atomic E-state index is 0.687. The summed E-state index contributed by atoms with van der Waals surface area (Å²) in [4.78, 5) is 30.9. The number of rotatable bonds is 4. The van der Waals surface area contributed by atoms with E-state index < -0.39 is 0 Å². The van der Waals surface area contributed by atoms with Crippen LogP contribution in [0.25, 0.3) is 90.9 Å². The number of nitrogens with one attached hydrogen (secondary N) is 2. The zero-order valence-corrected chi connectivity index (χ0v) is 26.2. The quantitative estimate of drug-likeness (QED) is 0.166. The third-order valence-electron chi connectivity index (χ3n) is 8.84. The third-order valence-corrected chi connectivity index (χ3v) is 8.84. The van der Waals surface area contributed by atoms with Crippen molar-refractivity contribution in [3.05, 3.63) is 145 Å². The van der Waals surface area contributed by atoms with Crippen LogP contribution < -0.4 is 5.73 Å². The van der Waals surface area contributed by atoms with E-state index in [9.17, 15) is 0 Å². The summed E-state index contributed by atoms with van der Waals surface area (Å²) in [6.45, 7) is 0. The predicted octanol–water partition coefficient (Wildman–Crippen LogP) is 9.09. The summed E-state index contributed by atoms with van der Waals surface area (Å²) >= 11 is 0. The molecule has 2 aliphatic rings. The fourth-order valence-electron chi connectivity index (χ4n) is 6.67. The van der Waals surface area contributed by atoms with Crippen molar-refractivity contribution in [1.82, 2.24) is 34.9 Å². The van der Waals surface area contributed by atoms with Gasteiger partial charge < -0.3 is 15.7 Å². The Kier molecular flexibility index (Phi) is 6.76. The number of anilines is 1. The number of aromatic nitrogens is 7. The first kappa shape index (κ1) is 28.3. The number of nitrogens with two attached hydrogens (primary N) is 1. The van der Waals surface area contributed by atoms with Crippen LogP contribution in [0.15, 0.2) is 122 Å². The van der Waals surface area contributed by atoms with Crippen molar-refractivity contribution in [1.29, 1.82) is 0 Å². The molecule has 7 aromatic rings. The molecule has 0 amide bonds. The van der Waals surface area contributed by atoms with Crippen LogP contribution in [-0.2, 0) is 0 Å². The molecule has 4 N–H and O–H groups in total. The van der Waals surface area contributed by atoms with Crippen LogP contribution >= 0.6 is 0 Å². The highest BCUT2D eigenvalue weighted by atomic mass is 14.8. The van der Waals surface area contributed by atoms with Gasteiger partial charge in [0.2, 0.25) is 0 Å². The molecule has 8 heterocycles. The normalized spacial score (nSPS) is 12.0. The van der Waals surface area contributed by atoms with Crippen LogP contribution in [0.5, 0.6) is 0 Å². The molecule has 8 heteroatoms. The average Bonchev–Trinajstić information content (AvgIpc) is 3.97. The second kappa shape index (κ2) is 11.7. The number of hydrogen-bond donors (Lipinski definition) is 3. The number of nitrogens with zero attached hydrogens (tertiary/aromatic N) is 5. The van der Waals surface area contributed by atoms with Gasteiger partial charge in [0, 0.05) is 87.2 Å². The fourth-order valence-corrected chi connectivity index (χ4v) is 6.67. The molecule has 1 aromatic carbocycles. The molecule has 6 aromatic heterocycles. The molecule has 0 spiro atoms. The molecular weight excluding hydrogens is 605 g/mol. The van der Waals surface area contributed by atoms with Crippen LogP contribution in [0.1, 0.15) is 22.8 Å². The molecule has 0 radical (unpaired) electrons. The Morgan fingerprint density at radius 1 is 0.388 bits per heavy atom. The van der Waals surface area contributed by atoms with E-state index in [1.807, 2.05) is 54.6 Å². The van der Waals surface area contributed by atoms with Gasteiger partial charge in [0.25, 0.3) is 0 Å². The molecule has 0 atom stereocenters. The largest absolute Gasteiger partial charge is 0.399 e. The van der Waals surface area contributed by atoms with Gasteiger partial charge in [0.15, 0.2) is 0 Å². The number of pyridine rings is 3. The summed E-state index contributed by atoms with van der Waals surface area (Å²) in [5, 5.41) is 0. The molecule has 0 aliphatic carbocycles. The van der Waals surface area contributed by atoms with Crippen molar-refractivity contribution in [3.63, 3.8) is 0 Å². The highest BCUT2D eigenvalue weighted by Gasteiger charge is 2.19. The smallest absolute Gasteiger partial charge is 0.0738 e. The summed E-state index contributed by atoms with van der Waals surface area (Å²) < 4.78 is 0. The molecule has 8 nitrogen and oxygen atoms in total. The molecular formula is C41H28N8. The van der Waals surface area contributed by atoms with Gasteiger partial charge in [-0.15, -0.1) is 0 Å². The Morgan fingerprint density at radius 2 is 0.776 bits per heavy atom. The number of nitrogen functional groups attached to an aromatic ring is 1. The van der Waals surface area contributed by atoms with Gasteiger partial charge in [-0.3, -0.25) is 15.0 Å². The Hall–Kier alpha value is -6.93. The van der Waals surface area contributed by atoms with E-state index in [4.69, 9.17) is 15.7 Å². The van der Waals surface area contributed by atoms with Crippen LogP contribution in [-0.4, -0.2) is 34.9 Å². The lowest BCUT2D eigenvalue weighted by Gasteiger charge is -2.07. The van der Waals surface area contributed by atoms with Crippen molar-refractivity contribution in [2.75, 3.05) is 5.73 Å². The van der Waals surface area contributed by atoms with E-state index in [1.165, 1.54) is 0 Å². The van der Waals surface area contributed by atoms with Crippen molar-refractivity contribution < 1.29 is 0 Å². The molecule has 2 aliphatic heterocycles. The van der Waals surface area contributed by atoms with Gasteiger partial charge in [0.05, 0.1) is 22.8 Å². The van der Waals surface area contributed by atoms with Gasteiger partial charge >= 0.3 is 0 Å². The van der Waals surface area contributed by atoms with Gasteiger partial charge in [-0.2, -0.15) is 0 Å². The number of fused-ring (bicyclic) bond motifs is 8. The summed E-state index contributed by atoms with van der Waals surface area (Å²) in [7, 11) is 0. The molecule has 232 valence electrons. The highest BCUT2D eigenvalue weighted by molar-refractivity contribution is 6.00. The van der Waals surface area contributed by atoms with E-state index >= 15 is 0 Å². The summed E-state index contributed by atoms with van der Waals surface area (Å²) in [6, 6.07) is 28.5. The van der Waals surface area contributed by atoms with E-state index in [-0.39, 0.29) is 0 Å². The van der Waals surface area contributed by atoms with Gasteiger partial charge in [-0.05, 0) is 119 Å². The van der Waals surface area contributed by atoms with Gasteiger partial charge in [-0.25, -0.2) is 9.97 Å². The molecule has 9 rings (SSSR count). The molecule has 0 saturated heterocycles. The first-order valence-corrected chi connectivity index (χ1v) is 15.9. The van der Waals surface area contributed by atoms with Crippen LogP contribution in [0, 0.1) is 0 Å². The number of hydrogen-bond acceptors (Lipinski definition) is 6. The Morgan fingerprint density at radius 3 is 1.20 bits per heavy atom. The third kappa shape index (κ3) is 5.08. The Bertz CT molecular complexity index is 2460. The first-order valence-electron chi connectivity index (χ1n) is 15.9. The topological polar surface area (TPSA) is 122 Å². The fraction of sp³-hybridized carbons (Fsp3) is 0. The molecule has 8 bridgehead atoms. The molecule has 49 heavy (non-hydrogen) atoms. The van der Waals surface area contributed by atoms with Crippen molar-refractivity contribution >= 4 is 52.1 Å². The summed E-state index contributed by atoms with van der Waals surface area (Å²) in [5.74, 6) is 0. The predicted molar refractivity (Wildman–Crippen MR) is 198 cm³/mol. The molecule has 0 saturated carbocycles. The monoisotopic (exact) mass is 632 g/mol. The minimum Gasteiger partial charge on any atom is -0.399 e. The number of benzene rings is 1. The lowest BCUT2D eigenvalue weighted by atomic mass is 10.0. The Balaban J connectivity index is 1.49. The summed E-state index contributed by atoms with van der Waals surface area (Å²) in [5.41, 5.74) is 21.8. The maximum absolute atomic E-state index is 6.34. The number of aromatic amines is 2. The first-order chi connectivity index (χ1) is 24.2. The van der Waals surface area contributed by atoms with E-state index in [1.54, 1.807) is 37.2 Å². The SMILES string of the molecule is Nc1cccc(-c2c3ccc([nH]3)c(-c3ccncc3)c3nc(c(-c4ccncc4)c4nc(c(-c5ccncc5)c5ccc2[nH]5)C=C4)C=C3)c1. The van der Waals surface area contributed by atoms with Crippen LogP contribution in [0.3, 0.4) is 0 Å². The second-order valence-electron chi connectivity index (χ2n) is 11.8. The van der Waals surface area contributed by atoms with Crippen molar-refractivity contribution in [2.45, 2.75) is 0 Å². The minimum absolute atomic E-state index is 0.687. The highest BCUT2D eigenvalue weighted by Crippen LogP contribution is 2.38. The maximum atomic E-state index is 6.34. The molecule has 0 fully saturated rings. The van der Waals surface area contributed by atoms with E-state index in [0.717, 1.165) is 89.4 Å². The standard InChI is InChI=1S/C41H28N8/c42-29-3-1-2-28(24-29)41-36-10-8-34(48-36)39(26-14-20-44-21-15-26)32-6-4-30(46-32)38(25-12-18-43-19-13-25)31-5-7-33(47-31)40(27-16-22-45-23-17-27)35-9-11-37(41)49-35/h1-24,48-49H,42H2. The summed E-state index contributed by atoms with van der Waals surface area (Å²) in [6.07, 6.45) is 19.1. The Labute approximate surface area is 281 Å². The molecule has 0 unspecified atom stereocenters. The van der Waals surface area contributed by atoms with Crippen molar-refractivity contribution in [3.8, 4) is 44.5 Å². The van der Waals surface area contributed by atoms with Gasteiger partial charge in [0.1, 0.15) is 0 Å². The maximum Gasteiger partial charge on any atom is 0.0738 e. The lowest BCUT2D eigenvalue weighted by Crippen LogP contribution is -1.91. The van der Waals surface area contributed by atoms with Gasteiger partial charge in [-0.1, -0.05) is 12.1 Å². The average molecular weight is 633 g/mol. The second-order valence-corrected chi connectivity index (χ2v) is 11.8. The van der Waals surface area contributed by atoms with E-state index in [0.29, 0.717) is 5.69 Å².